The van der Waals surface area contributed by atoms with Crippen molar-refractivity contribution < 1.29 is 14.0 Å². The maximum atomic E-state index is 12.8. The molecule has 0 heterocycles. The Morgan fingerprint density at radius 3 is 2.36 bits per heavy atom. The van der Waals surface area contributed by atoms with Crippen molar-refractivity contribution >= 4 is 17.6 Å². The third-order valence-electron chi connectivity index (χ3n) is 3.24. The third-order valence-corrected chi connectivity index (χ3v) is 3.24. The van der Waals surface area contributed by atoms with Crippen LogP contribution < -0.4 is 16.0 Å². The maximum Gasteiger partial charge on any atom is 0.319 e. The first-order valence-corrected chi connectivity index (χ1v) is 7.95. The number of anilines is 1. The quantitative estimate of drug-likeness (QED) is 0.792. The molecule has 0 bridgehead atoms. The van der Waals surface area contributed by atoms with Gasteiger partial charge in [-0.1, -0.05) is 18.2 Å². The minimum atomic E-state index is -0.405. The summed E-state index contributed by atoms with van der Waals surface area (Å²) in [6, 6.07) is 12.2. The van der Waals surface area contributed by atoms with E-state index >= 15 is 0 Å². The Morgan fingerprint density at radius 1 is 1.04 bits per heavy atom. The molecule has 0 fully saturated rings. The van der Waals surface area contributed by atoms with E-state index in [-0.39, 0.29) is 23.8 Å². The van der Waals surface area contributed by atoms with Gasteiger partial charge in [-0.25, -0.2) is 9.18 Å². The zero-order valence-electron chi connectivity index (χ0n) is 14.5. The molecular formula is C19H22FN3O2. The van der Waals surface area contributed by atoms with Crippen LogP contribution in [0.1, 0.15) is 36.7 Å². The fourth-order valence-corrected chi connectivity index (χ4v) is 2.11. The lowest BCUT2D eigenvalue weighted by molar-refractivity contribution is 0.0919. The lowest BCUT2D eigenvalue weighted by atomic mass is 10.1. The molecule has 2 aromatic carbocycles. The molecule has 0 saturated heterocycles. The van der Waals surface area contributed by atoms with Gasteiger partial charge in [0.25, 0.3) is 5.91 Å². The Labute approximate surface area is 146 Å². The molecule has 3 amide bonds. The Balaban J connectivity index is 1.93. The predicted octanol–water partition coefficient (Wildman–Crippen LogP) is 3.68. The fourth-order valence-electron chi connectivity index (χ4n) is 2.11. The van der Waals surface area contributed by atoms with Crippen LogP contribution in [-0.2, 0) is 6.54 Å². The second kappa shape index (κ2) is 7.79. The minimum Gasteiger partial charge on any atom is -0.347 e. The molecular weight excluding hydrogens is 321 g/mol. The summed E-state index contributed by atoms with van der Waals surface area (Å²) in [7, 11) is 0. The van der Waals surface area contributed by atoms with Crippen LogP contribution in [0.4, 0.5) is 14.9 Å². The highest BCUT2D eigenvalue weighted by atomic mass is 19.1. The van der Waals surface area contributed by atoms with Crippen molar-refractivity contribution in [3.05, 3.63) is 65.5 Å². The molecule has 3 N–H and O–H groups in total. The maximum absolute atomic E-state index is 12.8. The van der Waals surface area contributed by atoms with Crippen molar-refractivity contribution in [1.29, 1.82) is 0 Å². The Hall–Kier alpha value is -2.89. The zero-order chi connectivity index (χ0) is 18.4. The van der Waals surface area contributed by atoms with Gasteiger partial charge in [-0.2, -0.15) is 0 Å². The summed E-state index contributed by atoms with van der Waals surface area (Å²) >= 11 is 0. The molecule has 6 heteroatoms. The second-order valence-electron chi connectivity index (χ2n) is 6.72. The van der Waals surface area contributed by atoms with Gasteiger partial charge in [0.15, 0.2) is 0 Å². The lowest BCUT2D eigenvalue weighted by Crippen LogP contribution is -2.40. The van der Waals surface area contributed by atoms with E-state index in [1.807, 2.05) is 20.8 Å². The predicted molar refractivity (Wildman–Crippen MR) is 95.9 cm³/mol. The van der Waals surface area contributed by atoms with Crippen LogP contribution in [0.3, 0.4) is 0 Å². The molecule has 2 aromatic rings. The highest BCUT2D eigenvalue weighted by Gasteiger charge is 2.15. The largest absolute Gasteiger partial charge is 0.347 e. The molecule has 0 aliphatic carbocycles. The standard InChI is InChI=1S/C19H22FN3O2/c1-19(2,3)23-17(24)14-5-4-6-16(11-14)22-18(25)21-12-13-7-9-15(20)10-8-13/h4-11H,12H2,1-3H3,(H,23,24)(H2,21,22,25). The van der Waals surface area contributed by atoms with Crippen LogP contribution >= 0.6 is 0 Å². The van der Waals surface area contributed by atoms with E-state index in [0.29, 0.717) is 11.3 Å². The van der Waals surface area contributed by atoms with Crippen molar-refractivity contribution in [2.75, 3.05) is 5.32 Å². The van der Waals surface area contributed by atoms with Gasteiger partial charge in [-0.05, 0) is 56.7 Å². The van der Waals surface area contributed by atoms with Gasteiger partial charge in [0.1, 0.15) is 5.82 Å². The molecule has 2 rings (SSSR count). The number of carbonyl (C=O) groups excluding carboxylic acids is 2. The van der Waals surface area contributed by atoms with Gasteiger partial charge >= 0.3 is 6.03 Å². The normalized spacial score (nSPS) is 10.9. The summed E-state index contributed by atoms with van der Waals surface area (Å²) in [4.78, 5) is 24.1. The van der Waals surface area contributed by atoms with Crippen LogP contribution in [0, 0.1) is 5.82 Å². The first kappa shape index (κ1) is 18.4. The van der Waals surface area contributed by atoms with Gasteiger partial charge in [0.2, 0.25) is 0 Å². The molecule has 25 heavy (non-hydrogen) atoms. The van der Waals surface area contributed by atoms with E-state index in [0.717, 1.165) is 5.56 Å². The van der Waals surface area contributed by atoms with E-state index in [4.69, 9.17) is 0 Å². The first-order chi connectivity index (χ1) is 11.7. The average molecular weight is 343 g/mol. The summed E-state index contributed by atoms with van der Waals surface area (Å²) < 4.78 is 12.8. The van der Waals surface area contributed by atoms with Crippen LogP contribution in [0.15, 0.2) is 48.5 Å². The molecule has 0 spiro atoms. The molecule has 0 atom stereocenters. The fraction of sp³-hybridized carbons (Fsp3) is 0.263. The van der Waals surface area contributed by atoms with Gasteiger partial charge in [0, 0.05) is 23.3 Å². The first-order valence-electron chi connectivity index (χ1n) is 7.95. The summed E-state index contributed by atoms with van der Waals surface area (Å²) in [5.41, 5.74) is 1.42. The number of carbonyl (C=O) groups is 2. The summed E-state index contributed by atoms with van der Waals surface area (Å²) in [6.07, 6.45) is 0. The topological polar surface area (TPSA) is 70.2 Å². The molecule has 0 aliphatic heterocycles. The number of halogens is 1. The second-order valence-corrected chi connectivity index (χ2v) is 6.72. The van der Waals surface area contributed by atoms with Gasteiger partial charge < -0.3 is 16.0 Å². The van der Waals surface area contributed by atoms with E-state index in [9.17, 15) is 14.0 Å². The minimum absolute atomic E-state index is 0.206. The molecule has 0 unspecified atom stereocenters. The highest BCUT2D eigenvalue weighted by Crippen LogP contribution is 2.12. The van der Waals surface area contributed by atoms with E-state index in [1.165, 1.54) is 12.1 Å². The van der Waals surface area contributed by atoms with Gasteiger partial charge in [0.05, 0.1) is 0 Å². The van der Waals surface area contributed by atoms with Crippen molar-refractivity contribution in [3.8, 4) is 0 Å². The Bertz CT molecular complexity index is 752. The summed E-state index contributed by atoms with van der Waals surface area (Å²) in [6.45, 7) is 5.97. The molecule has 132 valence electrons. The Kier molecular flexibility index (Phi) is 5.75. The van der Waals surface area contributed by atoms with E-state index in [1.54, 1.807) is 36.4 Å². The number of amides is 3. The number of rotatable bonds is 4. The molecule has 0 radical (unpaired) electrons. The lowest BCUT2D eigenvalue weighted by Gasteiger charge is -2.20. The highest BCUT2D eigenvalue weighted by molar-refractivity contribution is 5.97. The van der Waals surface area contributed by atoms with Crippen LogP contribution in [0.2, 0.25) is 0 Å². The van der Waals surface area contributed by atoms with Crippen LogP contribution in [-0.4, -0.2) is 17.5 Å². The zero-order valence-corrected chi connectivity index (χ0v) is 14.5. The monoisotopic (exact) mass is 343 g/mol. The van der Waals surface area contributed by atoms with Crippen molar-refractivity contribution in [2.45, 2.75) is 32.9 Å². The van der Waals surface area contributed by atoms with Gasteiger partial charge in [-0.15, -0.1) is 0 Å². The Morgan fingerprint density at radius 2 is 1.72 bits per heavy atom. The number of hydrogen-bond acceptors (Lipinski definition) is 2. The third kappa shape index (κ3) is 6.25. The number of nitrogens with one attached hydrogen (secondary N) is 3. The summed E-state index contributed by atoms with van der Waals surface area (Å²) in [5.74, 6) is -0.526. The SMILES string of the molecule is CC(C)(C)NC(=O)c1cccc(NC(=O)NCc2ccc(F)cc2)c1. The molecule has 0 saturated carbocycles. The number of benzene rings is 2. The smallest absolute Gasteiger partial charge is 0.319 e. The molecule has 5 nitrogen and oxygen atoms in total. The van der Waals surface area contributed by atoms with Crippen molar-refractivity contribution in [1.82, 2.24) is 10.6 Å². The van der Waals surface area contributed by atoms with Crippen molar-refractivity contribution in [2.24, 2.45) is 0 Å². The molecule has 0 aliphatic rings. The number of urea groups is 1. The van der Waals surface area contributed by atoms with Crippen LogP contribution in [0.25, 0.3) is 0 Å². The van der Waals surface area contributed by atoms with Crippen LogP contribution in [0.5, 0.6) is 0 Å². The van der Waals surface area contributed by atoms with E-state index < -0.39 is 6.03 Å². The number of hydrogen-bond donors (Lipinski definition) is 3. The molecule has 0 aromatic heterocycles. The summed E-state index contributed by atoms with van der Waals surface area (Å²) in [5, 5.41) is 8.23. The van der Waals surface area contributed by atoms with Crippen molar-refractivity contribution in [3.63, 3.8) is 0 Å². The van der Waals surface area contributed by atoms with E-state index in [2.05, 4.69) is 16.0 Å². The average Bonchev–Trinajstić information content (AvgIpc) is 2.53. The van der Waals surface area contributed by atoms with Gasteiger partial charge in [-0.3, -0.25) is 4.79 Å².